The minimum absolute atomic E-state index is 0.0845. The van der Waals surface area contributed by atoms with Crippen LogP contribution in [0.1, 0.15) is 284 Å². The molecule has 0 aromatic rings. The highest BCUT2D eigenvalue weighted by molar-refractivity contribution is 5.71. The standard InChI is InChI=1S/C68H114O6/c1-4-7-10-13-16-19-22-25-27-28-29-30-31-32-33-34-35-36-37-38-39-40-42-43-46-49-52-55-58-61-67(70)73-64-65(63-72-66(69)60-57-54-51-48-45-24-21-18-15-12-9-6-3)74-68(71)62-59-56-53-50-47-44-41-26-23-20-17-14-11-8-5-2/h7-8,10-11,16-17,19-20,25-27,29-30,32-33,35-36,41,65H,4-6,9,12-15,18,21-24,28,31,34,37-40,42-64H2,1-3H3/b10-7-,11-8-,19-16-,20-17-,27-25-,30-29-,33-32-,36-35-,41-26-. The van der Waals surface area contributed by atoms with E-state index < -0.39 is 6.10 Å². The Kier molecular flexibility index (Phi) is 58.3. The molecule has 0 amide bonds. The van der Waals surface area contributed by atoms with Gasteiger partial charge in [-0.05, 0) is 103 Å². The highest BCUT2D eigenvalue weighted by atomic mass is 16.6. The zero-order chi connectivity index (χ0) is 53.6. The summed E-state index contributed by atoms with van der Waals surface area (Å²) in [6, 6.07) is 0. The first kappa shape index (κ1) is 70.1. The van der Waals surface area contributed by atoms with E-state index in [1.165, 1.54) is 109 Å². The number of ether oxygens (including phenoxy) is 3. The maximum absolute atomic E-state index is 12.9. The van der Waals surface area contributed by atoms with Gasteiger partial charge in [-0.25, -0.2) is 0 Å². The highest BCUT2D eigenvalue weighted by Gasteiger charge is 2.19. The van der Waals surface area contributed by atoms with Crippen LogP contribution in [0.4, 0.5) is 0 Å². The Hall–Kier alpha value is -3.93. The van der Waals surface area contributed by atoms with Gasteiger partial charge in [-0.15, -0.1) is 0 Å². The van der Waals surface area contributed by atoms with E-state index in [0.29, 0.717) is 19.3 Å². The van der Waals surface area contributed by atoms with Crippen molar-refractivity contribution in [3.63, 3.8) is 0 Å². The Labute approximate surface area is 457 Å². The van der Waals surface area contributed by atoms with Gasteiger partial charge in [0.2, 0.25) is 0 Å². The molecule has 74 heavy (non-hydrogen) atoms. The molecule has 0 saturated carbocycles. The lowest BCUT2D eigenvalue weighted by Crippen LogP contribution is -2.30. The second-order valence-electron chi connectivity index (χ2n) is 20.2. The van der Waals surface area contributed by atoms with Crippen molar-refractivity contribution in [2.24, 2.45) is 0 Å². The maximum atomic E-state index is 12.9. The maximum Gasteiger partial charge on any atom is 0.306 e. The predicted octanol–water partition coefficient (Wildman–Crippen LogP) is 21.0. The van der Waals surface area contributed by atoms with Crippen LogP contribution >= 0.6 is 0 Å². The summed E-state index contributed by atoms with van der Waals surface area (Å²) in [4.78, 5) is 38.2. The van der Waals surface area contributed by atoms with Crippen LogP contribution in [0.2, 0.25) is 0 Å². The lowest BCUT2D eigenvalue weighted by molar-refractivity contribution is -0.167. The summed E-state index contributed by atoms with van der Waals surface area (Å²) in [6.07, 6.45) is 83.8. The van der Waals surface area contributed by atoms with E-state index in [9.17, 15) is 14.4 Å². The van der Waals surface area contributed by atoms with Gasteiger partial charge in [-0.2, -0.15) is 0 Å². The molecule has 0 aromatic carbocycles. The normalized spacial score (nSPS) is 12.9. The molecule has 0 radical (unpaired) electrons. The first-order chi connectivity index (χ1) is 36.5. The molecule has 0 fully saturated rings. The van der Waals surface area contributed by atoms with Crippen molar-refractivity contribution >= 4 is 17.9 Å². The minimum atomic E-state index is -0.788. The molecular weight excluding hydrogens is 913 g/mol. The number of allylic oxidation sites excluding steroid dienone is 18. The van der Waals surface area contributed by atoms with Crippen LogP contribution in [0.15, 0.2) is 109 Å². The molecule has 6 heteroatoms. The Morgan fingerprint density at radius 1 is 0.284 bits per heavy atom. The fourth-order valence-electron chi connectivity index (χ4n) is 8.46. The van der Waals surface area contributed by atoms with Gasteiger partial charge in [-0.1, -0.05) is 271 Å². The van der Waals surface area contributed by atoms with E-state index in [2.05, 4.69) is 130 Å². The van der Waals surface area contributed by atoms with Gasteiger partial charge in [0, 0.05) is 19.3 Å². The first-order valence-electron chi connectivity index (χ1n) is 30.9. The number of hydrogen-bond donors (Lipinski definition) is 0. The van der Waals surface area contributed by atoms with E-state index >= 15 is 0 Å². The summed E-state index contributed by atoms with van der Waals surface area (Å²) in [6.45, 7) is 6.41. The van der Waals surface area contributed by atoms with Gasteiger partial charge in [0.05, 0.1) is 0 Å². The molecule has 0 aliphatic carbocycles. The van der Waals surface area contributed by atoms with Crippen LogP contribution in [-0.4, -0.2) is 37.2 Å². The van der Waals surface area contributed by atoms with Crippen molar-refractivity contribution in [3.05, 3.63) is 109 Å². The molecule has 1 unspecified atom stereocenters. The number of hydrogen-bond acceptors (Lipinski definition) is 6. The summed E-state index contributed by atoms with van der Waals surface area (Å²) in [5.74, 6) is -0.901. The summed E-state index contributed by atoms with van der Waals surface area (Å²) in [5.41, 5.74) is 0. The molecule has 0 bridgehead atoms. The largest absolute Gasteiger partial charge is 0.462 e. The zero-order valence-corrected chi connectivity index (χ0v) is 48.3. The highest BCUT2D eigenvalue weighted by Crippen LogP contribution is 2.16. The molecule has 0 aromatic heterocycles. The second-order valence-corrected chi connectivity index (χ2v) is 20.2. The van der Waals surface area contributed by atoms with Crippen LogP contribution < -0.4 is 0 Å². The van der Waals surface area contributed by atoms with E-state index in [4.69, 9.17) is 14.2 Å². The molecule has 0 aliphatic rings. The van der Waals surface area contributed by atoms with Gasteiger partial charge in [0.15, 0.2) is 6.10 Å². The summed E-state index contributed by atoms with van der Waals surface area (Å²) in [5, 5.41) is 0. The number of carbonyl (C=O) groups excluding carboxylic acids is 3. The molecule has 0 saturated heterocycles. The van der Waals surface area contributed by atoms with Gasteiger partial charge in [0.25, 0.3) is 0 Å². The molecular formula is C68H114O6. The first-order valence-corrected chi connectivity index (χ1v) is 30.9. The molecule has 6 nitrogen and oxygen atoms in total. The van der Waals surface area contributed by atoms with E-state index in [1.54, 1.807) is 0 Å². The SMILES string of the molecule is CC/C=C\C/C=C\C/C=C\C/C=C\C/C=C\C/C=C\CCCCCCCCCCCCC(=O)OCC(COC(=O)CCCCCCCCCCCCCC)OC(=O)CCCCCCC/C=C\C/C=C\C/C=C\CC. The molecule has 0 rings (SSSR count). The third kappa shape index (κ3) is 59.0. The van der Waals surface area contributed by atoms with Crippen molar-refractivity contribution in [1.82, 2.24) is 0 Å². The fraction of sp³-hybridized carbons (Fsp3) is 0.691. The number of esters is 3. The number of rotatable bonds is 55. The van der Waals surface area contributed by atoms with Crippen LogP contribution in [0.3, 0.4) is 0 Å². The smallest absolute Gasteiger partial charge is 0.306 e. The Morgan fingerprint density at radius 3 is 0.824 bits per heavy atom. The van der Waals surface area contributed by atoms with Crippen molar-refractivity contribution < 1.29 is 28.6 Å². The monoisotopic (exact) mass is 1030 g/mol. The summed E-state index contributed by atoms with van der Waals surface area (Å²) < 4.78 is 16.9. The molecule has 422 valence electrons. The fourth-order valence-corrected chi connectivity index (χ4v) is 8.46. The van der Waals surface area contributed by atoms with Gasteiger partial charge < -0.3 is 14.2 Å². The summed E-state index contributed by atoms with van der Waals surface area (Å²) >= 11 is 0. The molecule has 0 N–H and O–H groups in total. The zero-order valence-electron chi connectivity index (χ0n) is 48.3. The lowest BCUT2D eigenvalue weighted by Gasteiger charge is -2.18. The molecule has 1 atom stereocenters. The van der Waals surface area contributed by atoms with Crippen LogP contribution in [0.25, 0.3) is 0 Å². The van der Waals surface area contributed by atoms with Crippen molar-refractivity contribution in [2.75, 3.05) is 13.2 Å². The van der Waals surface area contributed by atoms with E-state index in [0.717, 1.165) is 135 Å². The lowest BCUT2D eigenvalue weighted by atomic mass is 10.0. The van der Waals surface area contributed by atoms with Crippen LogP contribution in [0.5, 0.6) is 0 Å². The number of unbranched alkanes of at least 4 members (excludes halogenated alkanes) is 26. The predicted molar refractivity (Wildman–Crippen MR) is 320 cm³/mol. The van der Waals surface area contributed by atoms with Crippen LogP contribution in [0, 0.1) is 0 Å². The Morgan fingerprint density at radius 2 is 0.527 bits per heavy atom. The third-order valence-corrected chi connectivity index (χ3v) is 13.0. The quantitative estimate of drug-likeness (QED) is 0.0261. The summed E-state index contributed by atoms with van der Waals surface area (Å²) in [7, 11) is 0. The molecule has 0 spiro atoms. The second kappa shape index (κ2) is 61.6. The van der Waals surface area contributed by atoms with Crippen molar-refractivity contribution in [2.45, 2.75) is 290 Å². The molecule has 0 aliphatic heterocycles. The van der Waals surface area contributed by atoms with Gasteiger partial charge in [-0.3, -0.25) is 14.4 Å². The van der Waals surface area contributed by atoms with Gasteiger partial charge >= 0.3 is 17.9 Å². The minimum Gasteiger partial charge on any atom is -0.462 e. The van der Waals surface area contributed by atoms with E-state index in [-0.39, 0.29) is 31.1 Å². The Bertz CT molecular complexity index is 1510. The topological polar surface area (TPSA) is 78.9 Å². The van der Waals surface area contributed by atoms with Crippen molar-refractivity contribution in [3.8, 4) is 0 Å². The number of carbonyl (C=O) groups is 3. The average Bonchev–Trinajstić information content (AvgIpc) is 3.40. The van der Waals surface area contributed by atoms with Crippen molar-refractivity contribution in [1.29, 1.82) is 0 Å². The molecule has 0 heterocycles. The van der Waals surface area contributed by atoms with E-state index in [1.807, 2.05) is 0 Å². The van der Waals surface area contributed by atoms with Crippen LogP contribution in [-0.2, 0) is 28.6 Å². The van der Waals surface area contributed by atoms with Gasteiger partial charge in [0.1, 0.15) is 13.2 Å². The third-order valence-electron chi connectivity index (χ3n) is 13.0. The Balaban J connectivity index is 4.27. The average molecular weight is 1030 g/mol.